The number of aromatic nitrogens is 2. The van der Waals surface area contributed by atoms with Crippen LogP contribution >= 0.6 is 0 Å². The average Bonchev–Trinajstić information content (AvgIpc) is 2.95. The summed E-state index contributed by atoms with van der Waals surface area (Å²) in [5.74, 6) is 1.17. The summed E-state index contributed by atoms with van der Waals surface area (Å²) in [4.78, 5) is 2.36. The minimum atomic E-state index is 0.188. The highest BCUT2D eigenvalue weighted by molar-refractivity contribution is 5.80. The largest absolute Gasteiger partial charge is 0.480 e. The molecular weight excluding hydrogens is 216 g/mol. The second kappa shape index (κ2) is 2.61. The average molecular weight is 230 g/mol. The fourth-order valence-electron chi connectivity index (χ4n) is 3.70. The van der Waals surface area contributed by atoms with Gasteiger partial charge in [0.05, 0.1) is 24.5 Å². The number of anilines is 1. The van der Waals surface area contributed by atoms with E-state index in [1.807, 2.05) is 6.07 Å². The molecule has 0 radical (unpaired) electrons. The Morgan fingerprint density at radius 1 is 1.59 bits per heavy atom. The van der Waals surface area contributed by atoms with E-state index >= 15 is 0 Å². The molecule has 2 aliphatic carbocycles. The van der Waals surface area contributed by atoms with Gasteiger partial charge < -0.3 is 15.4 Å². The lowest BCUT2D eigenvalue weighted by molar-refractivity contribution is 0.185. The number of nitrogens with two attached hydrogens (primary N) is 1. The second-order valence-corrected chi connectivity index (χ2v) is 5.00. The first-order valence-corrected chi connectivity index (χ1v) is 5.83. The van der Waals surface area contributed by atoms with Crippen LogP contribution in [-0.4, -0.2) is 35.4 Å². The Hall–Kier alpha value is -1.62. The summed E-state index contributed by atoms with van der Waals surface area (Å²) in [5.41, 5.74) is 10.2. The first-order valence-electron chi connectivity index (χ1n) is 5.83. The molecule has 0 aromatic carbocycles. The number of nitrogens with zero attached hydrogens (tertiary/aromatic N) is 3. The Morgan fingerprint density at radius 2 is 2.41 bits per heavy atom. The van der Waals surface area contributed by atoms with Gasteiger partial charge in [-0.2, -0.15) is 5.10 Å². The maximum absolute atomic E-state index is 6.09. The smallest absolute Gasteiger partial charge is 0.235 e. The normalized spacial score (nSPS) is 36.8. The molecule has 2 N–H and O–H groups in total. The zero-order valence-electron chi connectivity index (χ0n) is 9.84. The van der Waals surface area contributed by atoms with Crippen molar-refractivity contribution in [3.8, 4) is 5.88 Å². The van der Waals surface area contributed by atoms with E-state index in [2.05, 4.69) is 22.0 Å². The summed E-state index contributed by atoms with van der Waals surface area (Å²) < 4.78 is 5.11. The third kappa shape index (κ3) is 0.803. The van der Waals surface area contributed by atoms with Crippen molar-refractivity contribution in [1.82, 2.24) is 10.2 Å². The van der Waals surface area contributed by atoms with Gasteiger partial charge >= 0.3 is 0 Å². The molecule has 1 spiro atoms. The van der Waals surface area contributed by atoms with E-state index in [0.29, 0.717) is 17.8 Å². The minimum absolute atomic E-state index is 0.188. The predicted octanol–water partition coefficient (Wildman–Crippen LogP) is 0.331. The van der Waals surface area contributed by atoms with Gasteiger partial charge in [0.15, 0.2) is 0 Å². The van der Waals surface area contributed by atoms with Crippen LogP contribution in [0.4, 0.5) is 5.69 Å². The molecule has 5 heteroatoms. The Morgan fingerprint density at radius 3 is 3.06 bits per heavy atom. The summed E-state index contributed by atoms with van der Waals surface area (Å²) in [6.45, 7) is 3.20. The summed E-state index contributed by atoms with van der Waals surface area (Å²) in [7, 11) is 1.61. The predicted molar refractivity (Wildman–Crippen MR) is 62.8 cm³/mol. The Kier molecular flexibility index (Phi) is 1.45. The van der Waals surface area contributed by atoms with E-state index in [1.54, 1.807) is 13.3 Å². The summed E-state index contributed by atoms with van der Waals surface area (Å²) in [5, 5.41) is 7.86. The van der Waals surface area contributed by atoms with Gasteiger partial charge in [0.2, 0.25) is 5.88 Å². The molecule has 1 aliphatic heterocycles. The van der Waals surface area contributed by atoms with Crippen LogP contribution in [0.3, 0.4) is 0 Å². The van der Waals surface area contributed by atoms with Crippen molar-refractivity contribution in [3.05, 3.63) is 23.4 Å². The van der Waals surface area contributed by atoms with E-state index < -0.39 is 0 Å². The van der Waals surface area contributed by atoms with E-state index in [0.717, 1.165) is 12.2 Å². The molecule has 1 aromatic heterocycles. The molecule has 2 fully saturated rings. The topological polar surface area (TPSA) is 64.3 Å². The Bertz CT molecular complexity index is 555. The molecular formula is C12H14N4O. The van der Waals surface area contributed by atoms with E-state index in [1.165, 1.54) is 11.1 Å². The molecule has 1 saturated heterocycles. The van der Waals surface area contributed by atoms with Crippen molar-refractivity contribution in [2.24, 2.45) is 11.7 Å². The summed E-state index contributed by atoms with van der Waals surface area (Å²) in [6.07, 6.45) is 1.79. The zero-order chi connectivity index (χ0) is 11.8. The first-order chi connectivity index (χ1) is 8.21. The molecule has 0 bridgehead atoms. The van der Waals surface area contributed by atoms with E-state index in [9.17, 15) is 0 Å². The van der Waals surface area contributed by atoms with Crippen LogP contribution in [0, 0.1) is 5.92 Å². The van der Waals surface area contributed by atoms with Gasteiger partial charge in [-0.15, -0.1) is 5.10 Å². The first kappa shape index (κ1) is 9.41. The maximum Gasteiger partial charge on any atom is 0.235 e. The SMILES string of the molecule is COc1cc(N2CC3C(N)C4=C(C)C432)cnn1. The van der Waals surface area contributed by atoms with Crippen molar-refractivity contribution >= 4 is 5.69 Å². The van der Waals surface area contributed by atoms with Gasteiger partial charge in [0, 0.05) is 24.6 Å². The van der Waals surface area contributed by atoms with Crippen LogP contribution in [0.5, 0.6) is 5.88 Å². The van der Waals surface area contributed by atoms with Crippen molar-refractivity contribution in [3.63, 3.8) is 0 Å². The Labute approximate surface area is 99.3 Å². The molecule has 3 unspecified atom stereocenters. The fourth-order valence-corrected chi connectivity index (χ4v) is 3.70. The second-order valence-electron chi connectivity index (χ2n) is 5.00. The van der Waals surface area contributed by atoms with Crippen molar-refractivity contribution < 1.29 is 4.74 Å². The van der Waals surface area contributed by atoms with Crippen LogP contribution < -0.4 is 15.4 Å². The third-order valence-electron chi connectivity index (χ3n) is 4.57. The maximum atomic E-state index is 6.09. The molecule has 4 rings (SSSR count). The summed E-state index contributed by atoms with van der Waals surface area (Å²) in [6, 6.07) is 2.23. The van der Waals surface area contributed by atoms with Crippen LogP contribution in [0.2, 0.25) is 0 Å². The molecule has 2 heterocycles. The highest BCUT2D eigenvalue weighted by Gasteiger charge is 2.78. The van der Waals surface area contributed by atoms with Crippen LogP contribution in [0.1, 0.15) is 6.92 Å². The van der Waals surface area contributed by atoms with Crippen LogP contribution in [0.25, 0.3) is 0 Å². The lowest BCUT2D eigenvalue weighted by Gasteiger charge is -2.61. The van der Waals surface area contributed by atoms with E-state index in [-0.39, 0.29) is 5.54 Å². The molecule has 3 atom stereocenters. The Balaban J connectivity index is 1.67. The molecule has 0 amide bonds. The monoisotopic (exact) mass is 230 g/mol. The fraction of sp³-hybridized carbons (Fsp3) is 0.500. The van der Waals surface area contributed by atoms with Gasteiger partial charge in [-0.05, 0) is 18.1 Å². The van der Waals surface area contributed by atoms with Gasteiger partial charge in [0.25, 0.3) is 0 Å². The molecule has 3 aliphatic rings. The number of piperidine rings is 1. The number of hydrogen-bond donors (Lipinski definition) is 1. The van der Waals surface area contributed by atoms with Crippen molar-refractivity contribution in [1.29, 1.82) is 0 Å². The number of ether oxygens (including phenoxy) is 1. The van der Waals surface area contributed by atoms with Gasteiger partial charge in [0.1, 0.15) is 0 Å². The number of methoxy groups -OCH3 is 1. The molecule has 17 heavy (non-hydrogen) atoms. The highest BCUT2D eigenvalue weighted by atomic mass is 16.5. The standard InChI is InChI=1S/C12H14N4O/c1-6-10-11(13)8-5-16(12(6,8)10)7-3-9(17-2)15-14-4-7/h3-4,8,11H,5,13H2,1-2H3. The highest BCUT2D eigenvalue weighted by Crippen LogP contribution is 2.71. The molecule has 88 valence electrons. The van der Waals surface area contributed by atoms with Gasteiger partial charge in [-0.1, -0.05) is 0 Å². The molecule has 5 nitrogen and oxygen atoms in total. The minimum Gasteiger partial charge on any atom is -0.480 e. The number of hydrogen-bond acceptors (Lipinski definition) is 5. The molecule has 1 saturated carbocycles. The van der Waals surface area contributed by atoms with Crippen molar-refractivity contribution in [2.45, 2.75) is 18.5 Å². The quantitative estimate of drug-likeness (QED) is 0.742. The summed E-state index contributed by atoms with van der Waals surface area (Å²) >= 11 is 0. The van der Waals surface area contributed by atoms with E-state index in [4.69, 9.17) is 10.5 Å². The van der Waals surface area contributed by atoms with Crippen molar-refractivity contribution in [2.75, 3.05) is 18.6 Å². The zero-order valence-corrected chi connectivity index (χ0v) is 9.84. The van der Waals surface area contributed by atoms with Crippen LogP contribution in [-0.2, 0) is 0 Å². The lowest BCUT2D eigenvalue weighted by Crippen LogP contribution is -2.74. The third-order valence-corrected chi connectivity index (χ3v) is 4.57. The lowest BCUT2D eigenvalue weighted by atomic mass is 9.64. The molecule has 1 aromatic rings. The van der Waals surface area contributed by atoms with Crippen LogP contribution in [0.15, 0.2) is 23.4 Å². The van der Waals surface area contributed by atoms with Gasteiger partial charge in [-0.3, -0.25) is 0 Å². The number of rotatable bonds is 2. The van der Waals surface area contributed by atoms with Gasteiger partial charge in [-0.25, -0.2) is 0 Å².